The van der Waals surface area contributed by atoms with Gasteiger partial charge in [-0.25, -0.2) is 0 Å². The topological polar surface area (TPSA) is 52.9 Å². The van der Waals surface area contributed by atoms with E-state index in [1.165, 1.54) is 0 Å². The molecule has 0 aliphatic heterocycles. The molecule has 0 spiro atoms. The van der Waals surface area contributed by atoms with Gasteiger partial charge in [-0.1, -0.05) is 42.5 Å². The highest BCUT2D eigenvalue weighted by atomic mass is 16.5. The smallest absolute Gasteiger partial charge is 0.123 e. The van der Waals surface area contributed by atoms with E-state index in [1.54, 1.807) is 7.11 Å². The van der Waals surface area contributed by atoms with Crippen LogP contribution in [0.15, 0.2) is 48.5 Å². The van der Waals surface area contributed by atoms with Gasteiger partial charge >= 0.3 is 0 Å². The molecule has 1 atom stereocenters. The van der Waals surface area contributed by atoms with E-state index in [-0.39, 0.29) is 6.61 Å². The number of benzene rings is 2. The van der Waals surface area contributed by atoms with Crippen molar-refractivity contribution >= 4 is 0 Å². The molecule has 0 bridgehead atoms. The highest BCUT2D eigenvalue weighted by Gasteiger charge is 2.16. The number of para-hydroxylation sites is 1. The van der Waals surface area contributed by atoms with Crippen LogP contribution in [0.3, 0.4) is 0 Å². The predicted molar refractivity (Wildman–Crippen MR) is 91.5 cm³/mol. The minimum absolute atomic E-state index is 0.0512. The summed E-state index contributed by atoms with van der Waals surface area (Å²) in [6.45, 7) is 3.63. The van der Waals surface area contributed by atoms with E-state index in [2.05, 4.69) is 0 Å². The van der Waals surface area contributed by atoms with E-state index in [1.807, 2.05) is 60.4 Å². The van der Waals surface area contributed by atoms with Crippen LogP contribution in [0.4, 0.5) is 0 Å². The maximum atomic E-state index is 10.5. The van der Waals surface area contributed by atoms with Gasteiger partial charge in [0.1, 0.15) is 5.75 Å². The summed E-state index contributed by atoms with van der Waals surface area (Å²) in [5, 5.41) is 19.9. The van der Waals surface area contributed by atoms with E-state index in [0.29, 0.717) is 19.6 Å². The average molecular weight is 315 g/mol. The van der Waals surface area contributed by atoms with Crippen molar-refractivity contribution in [2.75, 3.05) is 26.8 Å². The Labute approximate surface area is 138 Å². The Balaban J connectivity index is 2.11. The van der Waals surface area contributed by atoms with Crippen LogP contribution in [0.2, 0.25) is 0 Å². The van der Waals surface area contributed by atoms with Crippen molar-refractivity contribution < 1.29 is 14.9 Å². The quantitative estimate of drug-likeness (QED) is 0.786. The van der Waals surface area contributed by atoms with Crippen molar-refractivity contribution in [2.45, 2.75) is 19.6 Å². The fraction of sp³-hybridized carbons (Fsp3) is 0.368. The van der Waals surface area contributed by atoms with Gasteiger partial charge in [0.05, 0.1) is 19.8 Å². The minimum atomic E-state index is -0.586. The maximum absolute atomic E-state index is 10.5. The standard InChI is InChI=1S/C19H25NO3/c1-15-7-3-5-9-17(15)18(22)14-20(11-12-21)13-16-8-4-6-10-19(16)23-2/h3-10,18,21-22H,11-14H2,1-2H3. The van der Waals surface area contributed by atoms with Gasteiger partial charge in [-0.3, -0.25) is 4.90 Å². The van der Waals surface area contributed by atoms with Crippen LogP contribution in [-0.4, -0.2) is 41.9 Å². The Morgan fingerprint density at radius 1 is 1.09 bits per heavy atom. The van der Waals surface area contributed by atoms with Gasteiger partial charge in [-0.2, -0.15) is 0 Å². The summed E-state index contributed by atoms with van der Waals surface area (Å²) < 4.78 is 5.38. The molecule has 0 radical (unpaired) electrons. The number of nitrogens with zero attached hydrogens (tertiary/aromatic N) is 1. The molecular formula is C19H25NO3. The van der Waals surface area contributed by atoms with E-state index >= 15 is 0 Å². The SMILES string of the molecule is COc1ccccc1CN(CCO)CC(O)c1ccccc1C. The third kappa shape index (κ3) is 4.79. The van der Waals surface area contributed by atoms with Crippen molar-refractivity contribution in [3.05, 3.63) is 65.2 Å². The molecule has 23 heavy (non-hydrogen) atoms. The summed E-state index contributed by atoms with van der Waals surface area (Å²) >= 11 is 0. The van der Waals surface area contributed by atoms with Crippen LogP contribution in [0.1, 0.15) is 22.8 Å². The fourth-order valence-electron chi connectivity index (χ4n) is 2.75. The summed E-state index contributed by atoms with van der Waals surface area (Å²) in [5.41, 5.74) is 3.04. The molecule has 0 aromatic heterocycles. The average Bonchev–Trinajstić information content (AvgIpc) is 2.56. The van der Waals surface area contributed by atoms with Crippen molar-refractivity contribution in [2.24, 2.45) is 0 Å². The Hall–Kier alpha value is -1.88. The zero-order valence-corrected chi connectivity index (χ0v) is 13.8. The van der Waals surface area contributed by atoms with Crippen LogP contribution in [0.25, 0.3) is 0 Å². The van der Waals surface area contributed by atoms with Gasteiger partial charge in [0.2, 0.25) is 0 Å². The molecule has 2 rings (SSSR count). The lowest BCUT2D eigenvalue weighted by molar-refractivity contribution is 0.0948. The number of rotatable bonds is 8. The number of ether oxygens (including phenoxy) is 1. The molecule has 0 saturated heterocycles. The number of hydrogen-bond donors (Lipinski definition) is 2. The number of aliphatic hydroxyl groups excluding tert-OH is 2. The van der Waals surface area contributed by atoms with Crippen molar-refractivity contribution in [1.29, 1.82) is 0 Å². The highest BCUT2D eigenvalue weighted by molar-refractivity contribution is 5.33. The summed E-state index contributed by atoms with van der Waals surface area (Å²) in [6, 6.07) is 15.7. The van der Waals surface area contributed by atoms with Crippen molar-refractivity contribution in [3.63, 3.8) is 0 Å². The van der Waals surface area contributed by atoms with Gasteiger partial charge < -0.3 is 14.9 Å². The first-order valence-electron chi connectivity index (χ1n) is 7.84. The van der Waals surface area contributed by atoms with E-state index in [0.717, 1.165) is 22.4 Å². The molecule has 2 aromatic rings. The molecule has 0 heterocycles. The van der Waals surface area contributed by atoms with Gasteiger partial charge in [0.25, 0.3) is 0 Å². The second kappa shape index (κ2) is 8.67. The van der Waals surface area contributed by atoms with Crippen LogP contribution >= 0.6 is 0 Å². The molecule has 124 valence electrons. The summed E-state index contributed by atoms with van der Waals surface area (Å²) in [4.78, 5) is 2.04. The Morgan fingerprint density at radius 3 is 2.48 bits per heavy atom. The Kier molecular flexibility index (Phi) is 6.59. The first kappa shape index (κ1) is 17.5. The third-order valence-corrected chi connectivity index (χ3v) is 3.98. The lowest BCUT2D eigenvalue weighted by Crippen LogP contribution is -2.31. The molecule has 0 aliphatic rings. The largest absolute Gasteiger partial charge is 0.496 e. The number of aliphatic hydroxyl groups is 2. The lowest BCUT2D eigenvalue weighted by atomic mass is 10.0. The lowest BCUT2D eigenvalue weighted by Gasteiger charge is -2.26. The molecule has 2 aromatic carbocycles. The van der Waals surface area contributed by atoms with Crippen LogP contribution in [-0.2, 0) is 6.54 Å². The predicted octanol–water partition coefficient (Wildman–Crippen LogP) is 2.53. The molecule has 0 saturated carbocycles. The summed E-state index contributed by atoms with van der Waals surface area (Å²) in [6.07, 6.45) is -0.586. The third-order valence-electron chi connectivity index (χ3n) is 3.98. The minimum Gasteiger partial charge on any atom is -0.496 e. The Bertz CT molecular complexity index is 615. The number of hydrogen-bond acceptors (Lipinski definition) is 4. The van der Waals surface area contributed by atoms with Gasteiger partial charge in [0, 0.05) is 25.2 Å². The van der Waals surface area contributed by atoms with Gasteiger partial charge in [-0.15, -0.1) is 0 Å². The second-order valence-electron chi connectivity index (χ2n) is 5.64. The zero-order valence-electron chi connectivity index (χ0n) is 13.8. The zero-order chi connectivity index (χ0) is 16.7. The first-order valence-corrected chi connectivity index (χ1v) is 7.84. The van der Waals surface area contributed by atoms with Crippen LogP contribution in [0, 0.1) is 6.92 Å². The maximum Gasteiger partial charge on any atom is 0.123 e. The number of methoxy groups -OCH3 is 1. The van der Waals surface area contributed by atoms with Gasteiger partial charge in [-0.05, 0) is 24.1 Å². The van der Waals surface area contributed by atoms with E-state index in [9.17, 15) is 10.2 Å². The van der Waals surface area contributed by atoms with Gasteiger partial charge in [0.15, 0.2) is 0 Å². The highest BCUT2D eigenvalue weighted by Crippen LogP contribution is 2.22. The molecule has 4 heteroatoms. The first-order chi connectivity index (χ1) is 11.2. The van der Waals surface area contributed by atoms with Crippen LogP contribution < -0.4 is 4.74 Å². The summed E-state index contributed by atoms with van der Waals surface area (Å²) in [7, 11) is 1.65. The van der Waals surface area contributed by atoms with E-state index in [4.69, 9.17) is 4.74 Å². The van der Waals surface area contributed by atoms with Crippen LogP contribution in [0.5, 0.6) is 5.75 Å². The molecular weight excluding hydrogens is 290 g/mol. The van der Waals surface area contributed by atoms with E-state index < -0.39 is 6.10 Å². The molecule has 2 N–H and O–H groups in total. The molecule has 0 amide bonds. The second-order valence-corrected chi connectivity index (χ2v) is 5.64. The normalized spacial score (nSPS) is 12.4. The van der Waals surface area contributed by atoms with Crippen molar-refractivity contribution in [3.8, 4) is 5.75 Å². The summed E-state index contributed by atoms with van der Waals surface area (Å²) in [5.74, 6) is 0.820. The van der Waals surface area contributed by atoms with Crippen molar-refractivity contribution in [1.82, 2.24) is 4.90 Å². The number of aryl methyl sites for hydroxylation is 1. The molecule has 4 nitrogen and oxygen atoms in total. The molecule has 0 aliphatic carbocycles. The molecule has 0 fully saturated rings. The fourth-order valence-corrected chi connectivity index (χ4v) is 2.75. The Morgan fingerprint density at radius 2 is 1.78 bits per heavy atom. The molecule has 1 unspecified atom stereocenters. The monoisotopic (exact) mass is 315 g/mol.